The lowest BCUT2D eigenvalue weighted by Crippen LogP contribution is -2.10. The second-order valence-electron chi connectivity index (χ2n) is 13.1. The molecular formula is C47H28N2O2S. The smallest absolute Gasteiger partial charge is 0.137 e. The van der Waals surface area contributed by atoms with Crippen LogP contribution in [-0.2, 0) is 0 Å². The molecule has 0 bridgehead atoms. The Morgan fingerprint density at radius 1 is 0.462 bits per heavy atom. The van der Waals surface area contributed by atoms with E-state index in [0.29, 0.717) is 0 Å². The highest BCUT2D eigenvalue weighted by molar-refractivity contribution is 7.21. The quantitative estimate of drug-likeness (QED) is 0.181. The summed E-state index contributed by atoms with van der Waals surface area (Å²) in [6.07, 6.45) is 0. The van der Waals surface area contributed by atoms with Crippen molar-refractivity contribution >= 4 is 93.3 Å². The third-order valence-corrected chi connectivity index (χ3v) is 11.2. The molecular weight excluding hydrogens is 657 g/mol. The zero-order valence-electron chi connectivity index (χ0n) is 27.8. The Hall–Kier alpha value is -6.69. The number of fused-ring (bicyclic) bond motifs is 9. The fourth-order valence-corrected chi connectivity index (χ4v) is 8.70. The second kappa shape index (κ2) is 11.4. The maximum Gasteiger partial charge on any atom is 0.137 e. The molecule has 0 atom stereocenters. The third kappa shape index (κ3) is 4.50. The first-order chi connectivity index (χ1) is 25.8. The van der Waals surface area contributed by atoms with Gasteiger partial charge in [-0.25, -0.2) is 4.98 Å². The maximum absolute atomic E-state index is 6.47. The van der Waals surface area contributed by atoms with Crippen LogP contribution in [0.3, 0.4) is 0 Å². The van der Waals surface area contributed by atoms with E-state index < -0.39 is 0 Å². The van der Waals surface area contributed by atoms with E-state index in [9.17, 15) is 0 Å². The molecule has 0 aliphatic rings. The summed E-state index contributed by atoms with van der Waals surface area (Å²) in [5.74, 6) is 0. The SMILES string of the molecule is c1ccc(-c2nc3c(ccc4oc5ccc(N(c6ccc(-c7cccc8ccccc78)cc6)c6cccc7oc8ccccc8c67)cc5c43)s2)cc1. The van der Waals surface area contributed by atoms with Crippen molar-refractivity contribution in [2.75, 3.05) is 4.90 Å². The van der Waals surface area contributed by atoms with Crippen LogP contribution in [0.1, 0.15) is 0 Å². The fraction of sp³-hybridized carbons (Fsp3) is 0. The van der Waals surface area contributed by atoms with Gasteiger partial charge in [0.2, 0.25) is 0 Å². The largest absolute Gasteiger partial charge is 0.456 e. The van der Waals surface area contributed by atoms with Crippen molar-refractivity contribution in [1.29, 1.82) is 0 Å². The average molecular weight is 685 g/mol. The highest BCUT2D eigenvalue weighted by Gasteiger charge is 2.22. The van der Waals surface area contributed by atoms with Gasteiger partial charge in [0, 0.05) is 27.7 Å². The van der Waals surface area contributed by atoms with E-state index in [1.807, 2.05) is 18.2 Å². The van der Waals surface area contributed by atoms with Crippen LogP contribution in [0.2, 0.25) is 0 Å². The van der Waals surface area contributed by atoms with Crippen LogP contribution in [0, 0.1) is 0 Å². The van der Waals surface area contributed by atoms with Crippen LogP contribution in [0.15, 0.2) is 179 Å². The van der Waals surface area contributed by atoms with Crippen LogP contribution in [0.4, 0.5) is 17.1 Å². The molecule has 0 saturated carbocycles. The van der Waals surface area contributed by atoms with Crippen molar-refractivity contribution < 1.29 is 8.83 Å². The number of aromatic nitrogens is 1. The fourth-order valence-electron chi connectivity index (χ4n) is 7.72. The van der Waals surface area contributed by atoms with Crippen LogP contribution in [-0.4, -0.2) is 4.98 Å². The predicted octanol–water partition coefficient (Wildman–Crippen LogP) is 14.1. The Morgan fingerprint density at radius 2 is 1.13 bits per heavy atom. The summed E-state index contributed by atoms with van der Waals surface area (Å²) in [7, 11) is 0. The highest BCUT2D eigenvalue weighted by Crippen LogP contribution is 2.46. The minimum Gasteiger partial charge on any atom is -0.456 e. The molecule has 0 saturated heterocycles. The van der Waals surface area contributed by atoms with Gasteiger partial charge in [-0.2, -0.15) is 0 Å². The molecule has 0 aliphatic carbocycles. The molecule has 52 heavy (non-hydrogen) atoms. The minimum atomic E-state index is 0.832. The van der Waals surface area contributed by atoms with Gasteiger partial charge in [0.05, 0.1) is 26.7 Å². The van der Waals surface area contributed by atoms with Crippen LogP contribution < -0.4 is 4.90 Å². The van der Waals surface area contributed by atoms with E-state index >= 15 is 0 Å². The van der Waals surface area contributed by atoms with Crippen molar-refractivity contribution in [3.63, 3.8) is 0 Å². The molecule has 3 heterocycles. The van der Waals surface area contributed by atoms with Gasteiger partial charge < -0.3 is 13.7 Å². The van der Waals surface area contributed by atoms with E-state index in [1.165, 1.54) is 21.9 Å². The highest BCUT2D eigenvalue weighted by atomic mass is 32.1. The molecule has 11 rings (SSSR count). The monoisotopic (exact) mass is 684 g/mol. The number of thiazole rings is 1. The number of para-hydroxylation sites is 1. The molecule has 8 aromatic carbocycles. The molecule has 0 spiro atoms. The zero-order chi connectivity index (χ0) is 34.2. The molecule has 11 aromatic rings. The van der Waals surface area contributed by atoms with Gasteiger partial charge in [0.1, 0.15) is 27.3 Å². The lowest BCUT2D eigenvalue weighted by molar-refractivity contribution is 0.668. The number of anilines is 3. The second-order valence-corrected chi connectivity index (χ2v) is 14.1. The molecule has 244 valence electrons. The van der Waals surface area contributed by atoms with Gasteiger partial charge in [-0.05, 0) is 82.6 Å². The molecule has 0 unspecified atom stereocenters. The van der Waals surface area contributed by atoms with Gasteiger partial charge in [0.15, 0.2) is 0 Å². The first-order valence-corrected chi connectivity index (χ1v) is 18.2. The zero-order valence-corrected chi connectivity index (χ0v) is 28.6. The summed E-state index contributed by atoms with van der Waals surface area (Å²) in [4.78, 5) is 7.52. The summed E-state index contributed by atoms with van der Waals surface area (Å²) in [6.45, 7) is 0. The lowest BCUT2D eigenvalue weighted by Gasteiger charge is -2.26. The summed E-state index contributed by atoms with van der Waals surface area (Å²) in [5, 5.41) is 7.69. The van der Waals surface area contributed by atoms with Crippen molar-refractivity contribution in [3.05, 3.63) is 170 Å². The van der Waals surface area contributed by atoms with Crippen molar-refractivity contribution in [1.82, 2.24) is 4.98 Å². The summed E-state index contributed by atoms with van der Waals surface area (Å²) < 4.78 is 14.0. The van der Waals surface area contributed by atoms with Crippen LogP contribution in [0.5, 0.6) is 0 Å². The molecule has 5 heteroatoms. The molecule has 4 nitrogen and oxygen atoms in total. The van der Waals surface area contributed by atoms with Crippen LogP contribution in [0.25, 0.3) is 86.6 Å². The number of hydrogen-bond donors (Lipinski definition) is 0. The standard InChI is InChI=1S/C47H28N2O2S/c1-2-11-31(12-3-1)47-48-46-43(52-47)27-26-42-45(46)37-28-33(24-25-40(37)51-42)49(38-17-9-19-41-44(38)36-15-6-7-18-39(36)50-41)32-22-20-30(21-23-32)35-16-8-13-29-10-4-5-14-34(29)35/h1-28H. The summed E-state index contributed by atoms with van der Waals surface area (Å²) in [5.41, 5.74) is 10.9. The van der Waals surface area contributed by atoms with E-state index in [0.717, 1.165) is 81.7 Å². The molecule has 0 fully saturated rings. The Morgan fingerprint density at radius 3 is 2.02 bits per heavy atom. The van der Waals surface area contributed by atoms with Gasteiger partial charge >= 0.3 is 0 Å². The van der Waals surface area contributed by atoms with E-state index in [-0.39, 0.29) is 0 Å². The van der Waals surface area contributed by atoms with Gasteiger partial charge in [-0.1, -0.05) is 109 Å². The minimum absolute atomic E-state index is 0.832. The number of hydrogen-bond acceptors (Lipinski definition) is 5. The summed E-state index contributed by atoms with van der Waals surface area (Å²) >= 11 is 1.71. The van der Waals surface area contributed by atoms with Gasteiger partial charge in [-0.3, -0.25) is 0 Å². The van der Waals surface area contributed by atoms with Gasteiger partial charge in [-0.15, -0.1) is 11.3 Å². The maximum atomic E-state index is 6.47. The van der Waals surface area contributed by atoms with E-state index in [4.69, 9.17) is 13.8 Å². The topological polar surface area (TPSA) is 42.4 Å². The molecule has 0 amide bonds. The Labute approximate surface area is 302 Å². The molecule has 0 aliphatic heterocycles. The molecule has 0 N–H and O–H groups in total. The Balaban J connectivity index is 1.14. The first kappa shape index (κ1) is 29.1. The Kier molecular flexibility index (Phi) is 6.39. The average Bonchev–Trinajstić information content (AvgIpc) is 3.92. The molecule has 0 radical (unpaired) electrons. The number of benzene rings is 8. The first-order valence-electron chi connectivity index (χ1n) is 17.4. The number of nitrogens with zero attached hydrogens (tertiary/aromatic N) is 2. The van der Waals surface area contributed by atoms with Crippen molar-refractivity contribution in [2.45, 2.75) is 0 Å². The van der Waals surface area contributed by atoms with E-state index in [1.54, 1.807) is 11.3 Å². The number of furan rings is 2. The van der Waals surface area contributed by atoms with E-state index in [2.05, 4.69) is 157 Å². The number of rotatable bonds is 5. The molecule has 3 aromatic heterocycles. The van der Waals surface area contributed by atoms with Gasteiger partial charge in [0.25, 0.3) is 0 Å². The third-order valence-electron chi connectivity index (χ3n) is 10.1. The van der Waals surface area contributed by atoms with Crippen molar-refractivity contribution in [2.24, 2.45) is 0 Å². The van der Waals surface area contributed by atoms with Crippen LogP contribution >= 0.6 is 11.3 Å². The summed E-state index contributed by atoms with van der Waals surface area (Å²) in [6, 6.07) is 59.6. The predicted molar refractivity (Wildman–Crippen MR) is 217 cm³/mol. The Bertz CT molecular complexity index is 3130. The van der Waals surface area contributed by atoms with Crippen molar-refractivity contribution in [3.8, 4) is 21.7 Å². The lowest BCUT2D eigenvalue weighted by atomic mass is 9.98. The normalized spacial score (nSPS) is 11.8.